The molecule has 194 valence electrons. The fourth-order valence-corrected chi connectivity index (χ4v) is 5.96. The highest BCUT2D eigenvalue weighted by atomic mass is 15.1. The Labute approximate surface area is 237 Å². The molecule has 5 aromatic carbocycles. The van der Waals surface area contributed by atoms with E-state index in [9.17, 15) is 0 Å². The van der Waals surface area contributed by atoms with Gasteiger partial charge in [-0.05, 0) is 48.5 Å². The van der Waals surface area contributed by atoms with E-state index < -0.39 is 0 Å². The smallest absolute Gasteiger partial charge is 0.140 e. The second-order valence-corrected chi connectivity index (χ2v) is 10.4. The van der Waals surface area contributed by atoms with Crippen molar-refractivity contribution in [1.82, 2.24) is 19.1 Å². The van der Waals surface area contributed by atoms with Crippen LogP contribution in [0.2, 0.25) is 0 Å². The van der Waals surface area contributed by atoms with Crippen LogP contribution in [-0.4, -0.2) is 19.1 Å². The summed E-state index contributed by atoms with van der Waals surface area (Å²) in [5, 5.41) is 2.45. The molecule has 3 aromatic heterocycles. The lowest BCUT2D eigenvalue weighted by Gasteiger charge is -2.11. The second kappa shape index (κ2) is 9.32. The molecular weight excluding hydrogens is 500 g/mol. The van der Waals surface area contributed by atoms with Crippen molar-refractivity contribution in [3.05, 3.63) is 140 Å². The van der Waals surface area contributed by atoms with Crippen LogP contribution in [0.3, 0.4) is 0 Å². The molecule has 0 amide bonds. The Balaban J connectivity index is 1.31. The lowest BCUT2D eigenvalue weighted by molar-refractivity contribution is 0.959. The average Bonchev–Trinajstić information content (AvgIpc) is 3.56. The average molecular weight is 527 g/mol. The van der Waals surface area contributed by atoms with Gasteiger partial charge in [-0.25, -0.2) is 9.97 Å². The first kappa shape index (κ1) is 23.4. The Morgan fingerprint density at radius 1 is 0.463 bits per heavy atom. The molecule has 0 saturated carbocycles. The zero-order valence-electron chi connectivity index (χ0n) is 22.6. The van der Waals surface area contributed by atoms with Crippen LogP contribution in [-0.2, 0) is 7.05 Å². The number of rotatable bonds is 4. The molecule has 0 radical (unpaired) electrons. The number of nitrogens with zero attached hydrogens (tertiary/aromatic N) is 4. The van der Waals surface area contributed by atoms with Gasteiger partial charge in [0.2, 0.25) is 0 Å². The van der Waals surface area contributed by atoms with Crippen molar-refractivity contribution in [2.75, 3.05) is 0 Å². The van der Waals surface area contributed by atoms with Crippen LogP contribution in [0.4, 0.5) is 0 Å². The van der Waals surface area contributed by atoms with Crippen LogP contribution in [0.15, 0.2) is 140 Å². The Hall–Kier alpha value is -5.48. The van der Waals surface area contributed by atoms with E-state index in [1.54, 1.807) is 0 Å². The number of hydrogen-bond acceptors (Lipinski definition) is 2. The minimum atomic E-state index is 0.953. The van der Waals surface area contributed by atoms with Gasteiger partial charge in [-0.2, -0.15) is 0 Å². The van der Waals surface area contributed by atoms with Gasteiger partial charge >= 0.3 is 0 Å². The van der Waals surface area contributed by atoms with Gasteiger partial charge in [-0.3, -0.25) is 0 Å². The molecule has 0 unspecified atom stereocenters. The van der Waals surface area contributed by atoms with Crippen molar-refractivity contribution in [3.63, 3.8) is 0 Å². The highest BCUT2D eigenvalue weighted by Crippen LogP contribution is 2.36. The van der Waals surface area contributed by atoms with E-state index in [1.165, 1.54) is 16.3 Å². The number of aromatic nitrogens is 4. The van der Waals surface area contributed by atoms with Crippen LogP contribution in [0.5, 0.6) is 0 Å². The summed E-state index contributed by atoms with van der Waals surface area (Å²) in [7, 11) is 2.09. The summed E-state index contributed by atoms with van der Waals surface area (Å²) < 4.78 is 4.54. The molecule has 8 rings (SSSR count). The first-order valence-corrected chi connectivity index (χ1v) is 13.8. The molecule has 0 fully saturated rings. The summed E-state index contributed by atoms with van der Waals surface area (Å²) in [4.78, 5) is 10.0. The fraction of sp³-hybridized carbons (Fsp3) is 0.0270. The first-order valence-electron chi connectivity index (χ1n) is 13.8. The quantitative estimate of drug-likeness (QED) is 0.229. The molecule has 3 heterocycles. The third kappa shape index (κ3) is 3.84. The van der Waals surface area contributed by atoms with E-state index in [0.29, 0.717) is 0 Å². The summed E-state index contributed by atoms with van der Waals surface area (Å²) in [5.74, 6) is 0.959. The molecule has 41 heavy (non-hydrogen) atoms. The Morgan fingerprint density at radius 2 is 1.15 bits per heavy atom. The van der Waals surface area contributed by atoms with Gasteiger partial charge in [0.15, 0.2) is 0 Å². The van der Waals surface area contributed by atoms with E-state index >= 15 is 0 Å². The van der Waals surface area contributed by atoms with Gasteiger partial charge in [0, 0.05) is 40.2 Å². The van der Waals surface area contributed by atoms with E-state index in [4.69, 9.17) is 9.97 Å². The monoisotopic (exact) mass is 526 g/mol. The molecule has 4 heteroatoms. The van der Waals surface area contributed by atoms with E-state index in [2.05, 4.69) is 144 Å². The van der Waals surface area contributed by atoms with Gasteiger partial charge < -0.3 is 9.13 Å². The number of benzene rings is 5. The number of aryl methyl sites for hydroxylation is 1. The van der Waals surface area contributed by atoms with Crippen LogP contribution < -0.4 is 0 Å². The third-order valence-corrected chi connectivity index (χ3v) is 7.94. The second-order valence-electron chi connectivity index (χ2n) is 10.4. The van der Waals surface area contributed by atoms with E-state index in [1.807, 2.05) is 12.1 Å². The third-order valence-electron chi connectivity index (χ3n) is 7.94. The summed E-state index contributed by atoms with van der Waals surface area (Å²) in [5.41, 5.74) is 10.8. The predicted molar refractivity (Wildman–Crippen MR) is 169 cm³/mol. The summed E-state index contributed by atoms with van der Waals surface area (Å²) >= 11 is 0. The highest BCUT2D eigenvalue weighted by molar-refractivity contribution is 6.10. The molecule has 0 aliphatic carbocycles. The molecule has 0 spiro atoms. The van der Waals surface area contributed by atoms with Gasteiger partial charge in [-0.1, -0.05) is 91.0 Å². The van der Waals surface area contributed by atoms with Crippen LogP contribution in [0, 0.1) is 0 Å². The molecule has 0 atom stereocenters. The SMILES string of the molecule is Cn1c(-c2ccc3c4ccccc4n(-c4cccc(-c5cccc(-c6ccccc6)n5)c4)c3c2)nc2ccccc21. The molecule has 0 aliphatic rings. The summed E-state index contributed by atoms with van der Waals surface area (Å²) in [6.45, 7) is 0. The number of para-hydroxylation sites is 3. The summed E-state index contributed by atoms with van der Waals surface area (Å²) in [6, 6.07) is 48.9. The lowest BCUT2D eigenvalue weighted by Crippen LogP contribution is -1.96. The number of hydrogen-bond donors (Lipinski definition) is 0. The van der Waals surface area contributed by atoms with Crippen LogP contribution in [0.1, 0.15) is 0 Å². The van der Waals surface area contributed by atoms with Crippen molar-refractivity contribution in [1.29, 1.82) is 0 Å². The van der Waals surface area contributed by atoms with Crippen LogP contribution in [0.25, 0.3) is 72.4 Å². The molecule has 8 aromatic rings. The molecular formula is C37H26N4. The molecule has 0 aliphatic heterocycles. The minimum Gasteiger partial charge on any atom is -0.327 e. The number of imidazole rings is 1. The van der Waals surface area contributed by atoms with Crippen molar-refractivity contribution >= 4 is 32.8 Å². The number of pyridine rings is 1. The largest absolute Gasteiger partial charge is 0.327 e. The molecule has 0 bridgehead atoms. The maximum atomic E-state index is 5.02. The molecule has 4 nitrogen and oxygen atoms in total. The van der Waals surface area contributed by atoms with Crippen molar-refractivity contribution < 1.29 is 0 Å². The molecule has 0 saturated heterocycles. The van der Waals surface area contributed by atoms with Crippen molar-refractivity contribution in [3.8, 4) is 39.6 Å². The van der Waals surface area contributed by atoms with Crippen LogP contribution >= 0.6 is 0 Å². The first-order chi connectivity index (χ1) is 20.2. The van der Waals surface area contributed by atoms with Crippen molar-refractivity contribution in [2.24, 2.45) is 7.05 Å². The topological polar surface area (TPSA) is 35.6 Å². The maximum Gasteiger partial charge on any atom is 0.140 e. The van der Waals surface area contributed by atoms with Crippen molar-refractivity contribution in [2.45, 2.75) is 0 Å². The normalized spacial score (nSPS) is 11.5. The highest BCUT2D eigenvalue weighted by Gasteiger charge is 2.16. The van der Waals surface area contributed by atoms with Gasteiger partial charge in [0.1, 0.15) is 5.82 Å². The van der Waals surface area contributed by atoms with E-state index in [-0.39, 0.29) is 0 Å². The number of fused-ring (bicyclic) bond motifs is 4. The van der Waals surface area contributed by atoms with Gasteiger partial charge in [-0.15, -0.1) is 0 Å². The Kier molecular flexibility index (Phi) is 5.32. The standard InChI is InChI=1S/C37H26N4/c1-40-35-20-8-6-16-33(35)39-37(40)27-21-22-30-29-15-5-7-19-34(29)41(36(30)24-27)28-14-9-13-26(23-28)32-18-10-17-31(38-32)25-11-3-2-4-12-25/h2-24H,1H3. The zero-order valence-corrected chi connectivity index (χ0v) is 22.6. The van der Waals surface area contributed by atoms with Gasteiger partial charge in [0.25, 0.3) is 0 Å². The maximum absolute atomic E-state index is 5.02. The zero-order chi connectivity index (χ0) is 27.3. The Bertz CT molecular complexity index is 2220. The lowest BCUT2D eigenvalue weighted by atomic mass is 10.1. The summed E-state index contributed by atoms with van der Waals surface area (Å²) in [6.07, 6.45) is 0. The van der Waals surface area contributed by atoms with Gasteiger partial charge in [0.05, 0.1) is 33.5 Å². The fourth-order valence-electron chi connectivity index (χ4n) is 5.96. The Morgan fingerprint density at radius 3 is 2.00 bits per heavy atom. The van der Waals surface area contributed by atoms with E-state index in [0.717, 1.165) is 56.1 Å². The molecule has 0 N–H and O–H groups in total. The minimum absolute atomic E-state index is 0.953. The predicted octanol–water partition coefficient (Wildman–Crippen LogP) is 9.07.